The summed E-state index contributed by atoms with van der Waals surface area (Å²) in [7, 11) is 0. The summed E-state index contributed by atoms with van der Waals surface area (Å²) in [5.74, 6) is -0.0336. The van der Waals surface area contributed by atoms with Crippen LogP contribution in [0.15, 0.2) is 43.0 Å². The van der Waals surface area contributed by atoms with E-state index in [4.69, 9.17) is 4.74 Å². The van der Waals surface area contributed by atoms with Crippen molar-refractivity contribution in [2.24, 2.45) is 11.3 Å². The van der Waals surface area contributed by atoms with Gasteiger partial charge in [-0.15, -0.1) is 6.58 Å². The van der Waals surface area contributed by atoms with Crippen LogP contribution in [-0.4, -0.2) is 17.8 Å². The van der Waals surface area contributed by atoms with Crippen LogP contribution in [0.1, 0.15) is 26.3 Å². The largest absolute Gasteiger partial charge is 0.396 e. The number of benzene rings is 1. The molecule has 0 heterocycles. The lowest BCUT2D eigenvalue weighted by atomic mass is 9.81. The maximum Gasteiger partial charge on any atom is 0.0721 e. The molecule has 0 aliphatic heterocycles. The minimum absolute atomic E-state index is 0.0314. The first-order chi connectivity index (χ1) is 8.49. The van der Waals surface area contributed by atoms with Gasteiger partial charge in [0.25, 0.3) is 0 Å². The summed E-state index contributed by atoms with van der Waals surface area (Å²) >= 11 is 0. The smallest absolute Gasteiger partial charge is 0.0721 e. The normalized spacial score (nSPS) is 15.1. The second-order valence-electron chi connectivity index (χ2n) is 5.67. The molecule has 0 unspecified atom stereocenters. The number of aliphatic hydroxyl groups is 1. The Bertz CT molecular complexity index is 351. The van der Waals surface area contributed by atoms with Crippen molar-refractivity contribution in [3.63, 3.8) is 0 Å². The Balaban J connectivity index is 2.71. The van der Waals surface area contributed by atoms with Crippen molar-refractivity contribution in [1.29, 1.82) is 0 Å². The number of hydrogen-bond acceptors (Lipinski definition) is 2. The monoisotopic (exact) mass is 248 g/mol. The van der Waals surface area contributed by atoms with Gasteiger partial charge < -0.3 is 9.84 Å². The van der Waals surface area contributed by atoms with Crippen LogP contribution in [0, 0.1) is 11.3 Å². The van der Waals surface area contributed by atoms with Gasteiger partial charge in [-0.05, 0) is 11.0 Å². The average molecular weight is 248 g/mol. The van der Waals surface area contributed by atoms with E-state index in [2.05, 4.69) is 27.4 Å². The highest BCUT2D eigenvalue weighted by Crippen LogP contribution is 2.29. The summed E-state index contributed by atoms with van der Waals surface area (Å²) in [6.07, 6.45) is 1.74. The fourth-order valence-electron chi connectivity index (χ4n) is 2.07. The summed E-state index contributed by atoms with van der Waals surface area (Å²) in [6, 6.07) is 10.1. The first-order valence-corrected chi connectivity index (χ1v) is 6.38. The fraction of sp³-hybridized carbons (Fsp3) is 0.500. The van der Waals surface area contributed by atoms with E-state index in [1.807, 2.05) is 30.3 Å². The van der Waals surface area contributed by atoms with Crippen LogP contribution in [0.25, 0.3) is 0 Å². The molecule has 0 bridgehead atoms. The zero-order valence-electron chi connectivity index (χ0n) is 11.6. The molecule has 18 heavy (non-hydrogen) atoms. The highest BCUT2D eigenvalue weighted by molar-refractivity contribution is 5.13. The fourth-order valence-corrected chi connectivity index (χ4v) is 2.07. The molecule has 2 atom stereocenters. The third-order valence-corrected chi connectivity index (χ3v) is 3.03. The second kappa shape index (κ2) is 6.72. The summed E-state index contributed by atoms with van der Waals surface area (Å²) in [5, 5.41) is 9.41. The Labute approximate surface area is 110 Å². The maximum atomic E-state index is 9.41. The molecule has 1 N–H and O–H groups in total. The van der Waals surface area contributed by atoms with Crippen molar-refractivity contribution in [3.8, 4) is 0 Å². The van der Waals surface area contributed by atoms with E-state index in [0.29, 0.717) is 6.61 Å². The van der Waals surface area contributed by atoms with Crippen LogP contribution in [0.5, 0.6) is 0 Å². The molecule has 0 amide bonds. The van der Waals surface area contributed by atoms with E-state index in [0.717, 1.165) is 5.56 Å². The number of ether oxygens (including phenoxy) is 1. The van der Waals surface area contributed by atoms with E-state index >= 15 is 0 Å². The molecular weight excluding hydrogens is 224 g/mol. The molecule has 100 valence electrons. The van der Waals surface area contributed by atoms with Crippen LogP contribution in [-0.2, 0) is 11.3 Å². The van der Waals surface area contributed by atoms with Crippen LogP contribution in [0.3, 0.4) is 0 Å². The van der Waals surface area contributed by atoms with Crippen LogP contribution in [0.2, 0.25) is 0 Å². The van der Waals surface area contributed by atoms with Gasteiger partial charge in [0.2, 0.25) is 0 Å². The van der Waals surface area contributed by atoms with Crippen molar-refractivity contribution in [2.75, 3.05) is 6.61 Å². The van der Waals surface area contributed by atoms with Gasteiger partial charge in [-0.25, -0.2) is 0 Å². The zero-order chi connectivity index (χ0) is 13.6. The summed E-state index contributed by atoms with van der Waals surface area (Å²) < 4.78 is 6.01. The molecule has 0 radical (unpaired) electrons. The van der Waals surface area contributed by atoms with Crippen molar-refractivity contribution in [2.45, 2.75) is 33.5 Å². The van der Waals surface area contributed by atoms with Crippen molar-refractivity contribution >= 4 is 0 Å². The Kier molecular flexibility index (Phi) is 5.57. The first-order valence-electron chi connectivity index (χ1n) is 6.38. The number of rotatable bonds is 6. The third-order valence-electron chi connectivity index (χ3n) is 3.03. The molecule has 0 spiro atoms. The van der Waals surface area contributed by atoms with Gasteiger partial charge in [0.15, 0.2) is 0 Å². The molecule has 0 saturated carbocycles. The molecular formula is C16H24O2. The van der Waals surface area contributed by atoms with Gasteiger partial charge in [-0.3, -0.25) is 0 Å². The maximum absolute atomic E-state index is 9.41. The van der Waals surface area contributed by atoms with Gasteiger partial charge >= 0.3 is 0 Å². The van der Waals surface area contributed by atoms with Gasteiger partial charge in [0.1, 0.15) is 0 Å². The second-order valence-corrected chi connectivity index (χ2v) is 5.67. The van der Waals surface area contributed by atoms with Crippen molar-refractivity contribution in [3.05, 3.63) is 48.6 Å². The molecule has 0 aliphatic rings. The predicted octanol–water partition coefficient (Wildman–Crippen LogP) is 3.41. The van der Waals surface area contributed by atoms with Crippen LogP contribution < -0.4 is 0 Å². The number of aliphatic hydroxyl groups excluding tert-OH is 1. The SMILES string of the molecule is C=C[C@H](CO)[C@H](OCc1ccccc1)C(C)(C)C. The van der Waals surface area contributed by atoms with Crippen molar-refractivity contribution in [1.82, 2.24) is 0 Å². The van der Waals surface area contributed by atoms with Crippen LogP contribution in [0.4, 0.5) is 0 Å². The molecule has 0 aliphatic carbocycles. The van der Waals surface area contributed by atoms with E-state index in [9.17, 15) is 5.11 Å². The Morgan fingerprint density at radius 3 is 2.33 bits per heavy atom. The first kappa shape index (κ1) is 14.9. The lowest BCUT2D eigenvalue weighted by molar-refractivity contribution is -0.0635. The summed E-state index contributed by atoms with van der Waals surface area (Å²) in [6.45, 7) is 10.8. The third kappa shape index (κ3) is 4.28. The van der Waals surface area contributed by atoms with E-state index < -0.39 is 0 Å². The lowest BCUT2D eigenvalue weighted by Gasteiger charge is -2.35. The molecule has 1 aromatic carbocycles. The van der Waals surface area contributed by atoms with E-state index in [1.54, 1.807) is 6.08 Å². The van der Waals surface area contributed by atoms with Gasteiger partial charge in [-0.2, -0.15) is 0 Å². The van der Waals surface area contributed by atoms with E-state index in [-0.39, 0.29) is 24.0 Å². The molecule has 0 fully saturated rings. The van der Waals surface area contributed by atoms with Crippen LogP contribution >= 0.6 is 0 Å². The predicted molar refractivity (Wildman–Crippen MR) is 75.2 cm³/mol. The Morgan fingerprint density at radius 1 is 1.28 bits per heavy atom. The highest BCUT2D eigenvalue weighted by atomic mass is 16.5. The summed E-state index contributed by atoms with van der Waals surface area (Å²) in [4.78, 5) is 0. The molecule has 1 rings (SSSR count). The Morgan fingerprint density at radius 2 is 1.89 bits per heavy atom. The van der Waals surface area contributed by atoms with Gasteiger partial charge in [0.05, 0.1) is 19.3 Å². The highest BCUT2D eigenvalue weighted by Gasteiger charge is 2.31. The molecule has 2 nitrogen and oxygen atoms in total. The standard InChI is InChI=1S/C16H24O2/c1-5-14(11-17)15(16(2,3)4)18-12-13-9-7-6-8-10-13/h5-10,14-15,17H,1,11-12H2,2-4H3/t14-,15+/m1/s1. The minimum Gasteiger partial charge on any atom is -0.396 e. The summed E-state index contributed by atoms with van der Waals surface area (Å²) in [5.41, 5.74) is 1.11. The van der Waals surface area contributed by atoms with Gasteiger partial charge in [0, 0.05) is 5.92 Å². The molecule has 0 saturated heterocycles. The average Bonchev–Trinajstić information content (AvgIpc) is 2.34. The molecule has 2 heteroatoms. The molecule has 0 aromatic heterocycles. The minimum atomic E-state index is -0.0415. The van der Waals surface area contributed by atoms with Crippen molar-refractivity contribution < 1.29 is 9.84 Å². The molecule has 1 aromatic rings. The lowest BCUT2D eigenvalue weighted by Crippen LogP contribution is -2.37. The Hall–Kier alpha value is -1.12. The zero-order valence-corrected chi connectivity index (χ0v) is 11.6. The van der Waals surface area contributed by atoms with Gasteiger partial charge in [-0.1, -0.05) is 57.2 Å². The van der Waals surface area contributed by atoms with E-state index in [1.165, 1.54) is 0 Å². The topological polar surface area (TPSA) is 29.5 Å². The number of hydrogen-bond donors (Lipinski definition) is 1. The quantitative estimate of drug-likeness (QED) is 0.782.